The van der Waals surface area contributed by atoms with Crippen molar-refractivity contribution in [3.05, 3.63) is 82.2 Å². The number of aryl methyl sites for hydroxylation is 3. The Kier molecular flexibility index (Phi) is 5.83. The molecule has 3 aromatic rings. The molecule has 0 saturated heterocycles. The summed E-state index contributed by atoms with van der Waals surface area (Å²) < 4.78 is 7.40. The molecular weight excluding hydrogens is 350 g/mol. The Labute approximate surface area is 166 Å². The summed E-state index contributed by atoms with van der Waals surface area (Å²) >= 11 is 0. The molecule has 1 N–H and O–H groups in total. The number of methoxy groups -OCH3 is 1. The zero-order valence-corrected chi connectivity index (χ0v) is 17.1. The molecular formula is C23H27N3O2. The van der Waals surface area contributed by atoms with Crippen LogP contribution in [0.2, 0.25) is 0 Å². The van der Waals surface area contributed by atoms with Crippen LogP contribution in [0.3, 0.4) is 0 Å². The summed E-state index contributed by atoms with van der Waals surface area (Å²) in [5.74, 6) is 0.669. The summed E-state index contributed by atoms with van der Waals surface area (Å²) in [7, 11) is 1.64. The Hall–Kier alpha value is -3.08. The molecule has 5 nitrogen and oxygen atoms in total. The Balaban J connectivity index is 1.76. The Morgan fingerprint density at radius 3 is 2.61 bits per heavy atom. The highest BCUT2D eigenvalue weighted by Crippen LogP contribution is 2.26. The predicted molar refractivity (Wildman–Crippen MR) is 111 cm³/mol. The highest BCUT2D eigenvalue weighted by Gasteiger charge is 2.16. The van der Waals surface area contributed by atoms with Crippen LogP contribution < -0.4 is 10.1 Å². The highest BCUT2D eigenvalue weighted by atomic mass is 16.5. The van der Waals surface area contributed by atoms with E-state index in [2.05, 4.69) is 10.4 Å². The van der Waals surface area contributed by atoms with Crippen LogP contribution in [0.1, 0.15) is 51.4 Å². The third-order valence-corrected chi connectivity index (χ3v) is 4.82. The van der Waals surface area contributed by atoms with Gasteiger partial charge in [-0.3, -0.25) is 9.48 Å². The van der Waals surface area contributed by atoms with E-state index in [0.717, 1.165) is 33.8 Å². The van der Waals surface area contributed by atoms with E-state index in [1.165, 1.54) is 0 Å². The van der Waals surface area contributed by atoms with Crippen LogP contribution in [0.15, 0.2) is 48.5 Å². The lowest BCUT2D eigenvalue weighted by molar-refractivity contribution is 0.0939. The van der Waals surface area contributed by atoms with Gasteiger partial charge in [0.1, 0.15) is 5.75 Å². The van der Waals surface area contributed by atoms with Gasteiger partial charge in [-0.05, 0) is 57.5 Å². The van der Waals surface area contributed by atoms with Gasteiger partial charge in [-0.1, -0.05) is 29.8 Å². The van der Waals surface area contributed by atoms with Crippen molar-refractivity contribution >= 4 is 5.91 Å². The minimum atomic E-state index is -0.165. The van der Waals surface area contributed by atoms with Gasteiger partial charge in [0.2, 0.25) is 0 Å². The van der Waals surface area contributed by atoms with E-state index in [0.29, 0.717) is 12.1 Å². The third kappa shape index (κ3) is 4.42. The molecule has 3 rings (SSSR count). The lowest BCUT2D eigenvalue weighted by atomic mass is 10.0. The van der Waals surface area contributed by atoms with Crippen LogP contribution in [0.4, 0.5) is 0 Å². The van der Waals surface area contributed by atoms with Crippen LogP contribution in [0.5, 0.6) is 5.75 Å². The molecule has 0 aliphatic carbocycles. The SMILES string of the molecule is COc1ccc(C)cc1C(C)NC(=O)c1cccc(Cn2nc(C)cc2C)c1. The summed E-state index contributed by atoms with van der Waals surface area (Å²) in [5.41, 5.74) is 5.87. The molecule has 5 heteroatoms. The second-order valence-corrected chi connectivity index (χ2v) is 7.23. The van der Waals surface area contributed by atoms with Gasteiger partial charge in [0.15, 0.2) is 0 Å². The molecule has 1 aromatic heterocycles. The van der Waals surface area contributed by atoms with Crippen molar-refractivity contribution < 1.29 is 9.53 Å². The number of hydrogen-bond donors (Lipinski definition) is 1. The Morgan fingerprint density at radius 1 is 1.14 bits per heavy atom. The van der Waals surface area contributed by atoms with Gasteiger partial charge < -0.3 is 10.1 Å². The Bertz CT molecular complexity index is 991. The number of amides is 1. The van der Waals surface area contributed by atoms with E-state index in [1.54, 1.807) is 7.11 Å². The molecule has 0 radical (unpaired) electrons. The molecule has 0 aliphatic rings. The van der Waals surface area contributed by atoms with Gasteiger partial charge in [-0.2, -0.15) is 5.10 Å². The molecule has 0 bridgehead atoms. The monoisotopic (exact) mass is 377 g/mol. The normalized spacial score (nSPS) is 11.9. The van der Waals surface area contributed by atoms with E-state index in [1.807, 2.05) is 80.9 Å². The van der Waals surface area contributed by atoms with E-state index < -0.39 is 0 Å². The maximum atomic E-state index is 12.8. The highest BCUT2D eigenvalue weighted by molar-refractivity contribution is 5.94. The quantitative estimate of drug-likeness (QED) is 0.694. The second-order valence-electron chi connectivity index (χ2n) is 7.23. The van der Waals surface area contributed by atoms with Crippen LogP contribution in [0.25, 0.3) is 0 Å². The average Bonchev–Trinajstić information content (AvgIpc) is 2.98. The first kappa shape index (κ1) is 19.7. The number of carbonyl (C=O) groups excluding carboxylic acids is 1. The number of nitrogens with one attached hydrogen (secondary N) is 1. The fourth-order valence-corrected chi connectivity index (χ4v) is 3.37. The van der Waals surface area contributed by atoms with Crippen molar-refractivity contribution in [3.8, 4) is 5.75 Å². The summed E-state index contributed by atoms with van der Waals surface area (Å²) in [4.78, 5) is 12.8. The number of benzene rings is 2. The first-order valence-electron chi connectivity index (χ1n) is 9.42. The summed E-state index contributed by atoms with van der Waals surface area (Å²) in [6.07, 6.45) is 0. The molecule has 1 heterocycles. The average molecular weight is 377 g/mol. The van der Waals surface area contributed by atoms with Crippen LogP contribution in [-0.2, 0) is 6.54 Å². The third-order valence-electron chi connectivity index (χ3n) is 4.82. The molecule has 1 unspecified atom stereocenters. The molecule has 146 valence electrons. The molecule has 0 spiro atoms. The number of aromatic nitrogens is 2. The van der Waals surface area contributed by atoms with Crippen molar-refractivity contribution in [1.82, 2.24) is 15.1 Å². The molecule has 28 heavy (non-hydrogen) atoms. The largest absolute Gasteiger partial charge is 0.496 e. The lowest BCUT2D eigenvalue weighted by Crippen LogP contribution is -2.27. The van der Waals surface area contributed by atoms with Gasteiger partial charge in [-0.25, -0.2) is 0 Å². The van der Waals surface area contributed by atoms with Gasteiger partial charge in [0.05, 0.1) is 25.4 Å². The van der Waals surface area contributed by atoms with Gasteiger partial charge in [0.25, 0.3) is 5.91 Å². The number of rotatable bonds is 6. The van der Waals surface area contributed by atoms with Crippen molar-refractivity contribution in [1.29, 1.82) is 0 Å². The molecule has 0 aliphatic heterocycles. The van der Waals surface area contributed by atoms with Gasteiger partial charge >= 0.3 is 0 Å². The van der Waals surface area contributed by atoms with E-state index in [-0.39, 0.29) is 11.9 Å². The minimum Gasteiger partial charge on any atom is -0.496 e. The van der Waals surface area contributed by atoms with Crippen LogP contribution in [-0.4, -0.2) is 22.8 Å². The zero-order chi connectivity index (χ0) is 20.3. The molecule has 1 atom stereocenters. The predicted octanol–water partition coefficient (Wildman–Crippen LogP) is 4.36. The van der Waals surface area contributed by atoms with Crippen molar-refractivity contribution in [2.24, 2.45) is 0 Å². The van der Waals surface area contributed by atoms with Crippen molar-refractivity contribution in [3.63, 3.8) is 0 Å². The maximum Gasteiger partial charge on any atom is 0.251 e. The Morgan fingerprint density at radius 2 is 1.93 bits per heavy atom. The van der Waals surface area contributed by atoms with Gasteiger partial charge in [-0.15, -0.1) is 0 Å². The maximum absolute atomic E-state index is 12.8. The number of hydrogen-bond acceptors (Lipinski definition) is 3. The van der Waals surface area contributed by atoms with Crippen molar-refractivity contribution in [2.75, 3.05) is 7.11 Å². The topological polar surface area (TPSA) is 56.1 Å². The number of carbonyl (C=O) groups is 1. The minimum absolute atomic E-state index is 0.105. The van der Waals surface area contributed by atoms with Crippen LogP contribution in [0, 0.1) is 20.8 Å². The lowest BCUT2D eigenvalue weighted by Gasteiger charge is -2.18. The fraction of sp³-hybridized carbons (Fsp3) is 0.304. The fourth-order valence-electron chi connectivity index (χ4n) is 3.37. The molecule has 2 aromatic carbocycles. The van der Waals surface area contributed by atoms with E-state index >= 15 is 0 Å². The van der Waals surface area contributed by atoms with E-state index in [9.17, 15) is 4.79 Å². The molecule has 0 saturated carbocycles. The van der Waals surface area contributed by atoms with Crippen LogP contribution >= 0.6 is 0 Å². The summed E-state index contributed by atoms with van der Waals surface area (Å²) in [6.45, 7) is 8.65. The van der Waals surface area contributed by atoms with E-state index in [4.69, 9.17) is 4.74 Å². The van der Waals surface area contributed by atoms with Crippen molar-refractivity contribution in [2.45, 2.75) is 40.3 Å². The first-order chi connectivity index (χ1) is 13.4. The van der Waals surface area contributed by atoms with Gasteiger partial charge in [0, 0.05) is 16.8 Å². The number of nitrogens with zero attached hydrogens (tertiary/aromatic N) is 2. The first-order valence-corrected chi connectivity index (χ1v) is 9.42. The second kappa shape index (κ2) is 8.30. The smallest absolute Gasteiger partial charge is 0.251 e. The standard InChI is InChI=1S/C23H27N3O2/c1-15-9-10-22(28-5)21(11-15)18(4)24-23(27)20-8-6-7-19(13-20)14-26-17(3)12-16(2)25-26/h6-13,18H,14H2,1-5H3,(H,24,27). The zero-order valence-electron chi connectivity index (χ0n) is 17.1. The molecule has 1 amide bonds. The molecule has 0 fully saturated rings. The summed E-state index contributed by atoms with van der Waals surface area (Å²) in [5, 5.41) is 7.58. The summed E-state index contributed by atoms with van der Waals surface area (Å²) in [6, 6.07) is 15.5. The number of ether oxygens (including phenoxy) is 1.